The Morgan fingerprint density at radius 1 is 1.41 bits per heavy atom. The van der Waals surface area contributed by atoms with E-state index >= 15 is 0 Å². The molecule has 1 atom stereocenters. The third kappa shape index (κ3) is 5.86. The fraction of sp³-hybridized carbons (Fsp3) is 0.368. The average molecular weight is 387 g/mol. The van der Waals surface area contributed by atoms with Crippen LogP contribution in [0, 0.1) is 18.3 Å². The van der Waals surface area contributed by atoms with Gasteiger partial charge in [0.15, 0.2) is 6.10 Å². The van der Waals surface area contributed by atoms with Crippen molar-refractivity contribution in [3.63, 3.8) is 0 Å². The molecule has 142 valence electrons. The Morgan fingerprint density at radius 3 is 2.81 bits per heavy atom. The van der Waals surface area contributed by atoms with Crippen LogP contribution in [-0.2, 0) is 15.3 Å². The number of nitriles is 1. The van der Waals surface area contributed by atoms with E-state index in [0.29, 0.717) is 17.9 Å². The number of hydrogen-bond donors (Lipinski definition) is 0. The Balaban J connectivity index is 2.01. The first kappa shape index (κ1) is 20.5. The van der Waals surface area contributed by atoms with Crippen molar-refractivity contribution in [3.05, 3.63) is 47.3 Å². The predicted octanol–water partition coefficient (Wildman–Crippen LogP) is 3.19. The number of carbonyl (C=O) groups excluding carboxylic acids is 2. The van der Waals surface area contributed by atoms with Gasteiger partial charge >= 0.3 is 5.97 Å². The molecule has 0 aliphatic carbocycles. The van der Waals surface area contributed by atoms with Gasteiger partial charge < -0.3 is 14.2 Å². The SMILES string of the molecule is Cc1cc(CSc2ccccc2C(=O)O[C@H](C)C(=O)N(C)CCC#N)no1. The van der Waals surface area contributed by atoms with Crippen molar-refractivity contribution in [3.8, 4) is 6.07 Å². The van der Waals surface area contributed by atoms with Crippen molar-refractivity contribution < 1.29 is 18.8 Å². The van der Waals surface area contributed by atoms with E-state index in [9.17, 15) is 9.59 Å². The summed E-state index contributed by atoms with van der Waals surface area (Å²) in [6.45, 7) is 3.64. The van der Waals surface area contributed by atoms with Gasteiger partial charge in [0, 0.05) is 30.3 Å². The second kappa shape index (κ2) is 9.78. The standard InChI is InChI=1S/C19H21N3O4S/c1-13-11-15(21-26-13)12-27-17-8-5-4-7-16(17)19(24)25-14(2)18(23)22(3)10-6-9-20/h4-5,7-8,11,14H,6,10,12H2,1-3H3/t14-/m1/s1. The van der Waals surface area contributed by atoms with Crippen LogP contribution >= 0.6 is 11.8 Å². The highest BCUT2D eigenvalue weighted by molar-refractivity contribution is 7.98. The van der Waals surface area contributed by atoms with Crippen molar-refractivity contribution >= 4 is 23.6 Å². The quantitative estimate of drug-likeness (QED) is 0.507. The molecule has 1 aromatic heterocycles. The summed E-state index contributed by atoms with van der Waals surface area (Å²) >= 11 is 1.44. The summed E-state index contributed by atoms with van der Waals surface area (Å²) in [7, 11) is 1.58. The maximum absolute atomic E-state index is 12.5. The number of aromatic nitrogens is 1. The molecule has 1 amide bonds. The lowest BCUT2D eigenvalue weighted by Gasteiger charge is -2.20. The van der Waals surface area contributed by atoms with Crippen LogP contribution < -0.4 is 0 Å². The van der Waals surface area contributed by atoms with Gasteiger partial charge in [-0.3, -0.25) is 4.79 Å². The van der Waals surface area contributed by atoms with Crippen LogP contribution in [0.5, 0.6) is 0 Å². The molecule has 0 saturated heterocycles. The van der Waals surface area contributed by atoms with Gasteiger partial charge in [-0.2, -0.15) is 5.26 Å². The van der Waals surface area contributed by atoms with Crippen LogP contribution in [0.1, 0.15) is 35.2 Å². The van der Waals surface area contributed by atoms with Crippen molar-refractivity contribution in [2.45, 2.75) is 37.0 Å². The van der Waals surface area contributed by atoms with Crippen LogP contribution in [0.3, 0.4) is 0 Å². The lowest BCUT2D eigenvalue weighted by Crippen LogP contribution is -2.38. The molecule has 0 bridgehead atoms. The molecule has 0 spiro atoms. The zero-order valence-corrected chi connectivity index (χ0v) is 16.3. The van der Waals surface area contributed by atoms with Gasteiger partial charge in [0.25, 0.3) is 5.91 Å². The topological polar surface area (TPSA) is 96.4 Å². The van der Waals surface area contributed by atoms with E-state index in [4.69, 9.17) is 14.5 Å². The molecular formula is C19H21N3O4S. The molecule has 27 heavy (non-hydrogen) atoms. The second-order valence-corrected chi connectivity index (χ2v) is 6.95. The minimum Gasteiger partial charge on any atom is -0.449 e. The lowest BCUT2D eigenvalue weighted by molar-refractivity contribution is -0.138. The molecule has 1 aromatic carbocycles. The van der Waals surface area contributed by atoms with Gasteiger partial charge in [0.05, 0.1) is 23.7 Å². The molecule has 0 saturated carbocycles. The third-order valence-corrected chi connectivity index (χ3v) is 4.83. The number of thioether (sulfide) groups is 1. The highest BCUT2D eigenvalue weighted by Gasteiger charge is 2.23. The van der Waals surface area contributed by atoms with Crippen molar-refractivity contribution in [2.75, 3.05) is 13.6 Å². The summed E-state index contributed by atoms with van der Waals surface area (Å²) in [6.07, 6.45) is -0.707. The van der Waals surface area contributed by atoms with Crippen LogP contribution in [0.15, 0.2) is 39.8 Å². The number of hydrogen-bond acceptors (Lipinski definition) is 7. The van der Waals surface area contributed by atoms with E-state index in [0.717, 1.165) is 16.3 Å². The van der Waals surface area contributed by atoms with Crippen LogP contribution in [0.2, 0.25) is 0 Å². The predicted molar refractivity (Wildman–Crippen MR) is 100.0 cm³/mol. The first-order valence-corrected chi connectivity index (χ1v) is 9.38. The van der Waals surface area contributed by atoms with E-state index in [2.05, 4.69) is 5.16 Å². The largest absolute Gasteiger partial charge is 0.449 e. The molecule has 0 radical (unpaired) electrons. The normalized spacial score (nSPS) is 11.5. The Hall–Kier alpha value is -2.79. The number of esters is 1. The summed E-state index contributed by atoms with van der Waals surface area (Å²) < 4.78 is 10.4. The number of aryl methyl sites for hydroxylation is 1. The van der Waals surface area contributed by atoms with E-state index < -0.39 is 12.1 Å². The monoisotopic (exact) mass is 387 g/mol. The Labute approximate surface area is 162 Å². The lowest BCUT2D eigenvalue weighted by atomic mass is 10.2. The number of nitrogens with zero attached hydrogens (tertiary/aromatic N) is 3. The minimum absolute atomic E-state index is 0.226. The molecule has 2 aromatic rings. The van der Waals surface area contributed by atoms with Gasteiger partial charge in [-0.15, -0.1) is 11.8 Å². The number of ether oxygens (including phenoxy) is 1. The molecule has 2 rings (SSSR count). The van der Waals surface area contributed by atoms with Crippen LogP contribution in [0.4, 0.5) is 0 Å². The molecule has 0 unspecified atom stereocenters. The summed E-state index contributed by atoms with van der Waals surface area (Å²) in [5.74, 6) is 0.365. The van der Waals surface area contributed by atoms with Crippen molar-refractivity contribution in [2.24, 2.45) is 0 Å². The number of likely N-dealkylation sites (N-methyl/N-ethyl adjacent to an activating group) is 1. The fourth-order valence-corrected chi connectivity index (χ4v) is 3.23. The van der Waals surface area contributed by atoms with Crippen molar-refractivity contribution in [1.29, 1.82) is 5.26 Å². The molecule has 1 heterocycles. The zero-order valence-electron chi connectivity index (χ0n) is 15.5. The molecule has 7 nitrogen and oxygen atoms in total. The molecule has 8 heteroatoms. The van der Waals surface area contributed by atoms with Gasteiger partial charge in [-0.25, -0.2) is 4.79 Å². The first-order valence-electron chi connectivity index (χ1n) is 8.39. The van der Waals surface area contributed by atoms with E-state index in [1.54, 1.807) is 19.2 Å². The number of benzene rings is 1. The summed E-state index contributed by atoms with van der Waals surface area (Å²) in [5.41, 5.74) is 1.17. The van der Waals surface area contributed by atoms with E-state index in [-0.39, 0.29) is 12.3 Å². The maximum Gasteiger partial charge on any atom is 0.340 e. The van der Waals surface area contributed by atoms with Gasteiger partial charge in [0.1, 0.15) is 5.76 Å². The second-order valence-electron chi connectivity index (χ2n) is 5.93. The smallest absolute Gasteiger partial charge is 0.340 e. The van der Waals surface area contributed by atoms with Crippen molar-refractivity contribution in [1.82, 2.24) is 10.1 Å². The van der Waals surface area contributed by atoms with E-state index in [1.165, 1.54) is 23.6 Å². The minimum atomic E-state index is -0.933. The number of rotatable bonds is 8. The third-order valence-electron chi connectivity index (χ3n) is 3.73. The summed E-state index contributed by atoms with van der Waals surface area (Å²) in [4.78, 5) is 26.9. The molecular weight excluding hydrogens is 366 g/mol. The van der Waals surface area contributed by atoms with Crippen LogP contribution in [-0.4, -0.2) is 41.6 Å². The van der Waals surface area contributed by atoms with Crippen LogP contribution in [0.25, 0.3) is 0 Å². The molecule has 0 fully saturated rings. The fourth-order valence-electron chi connectivity index (χ4n) is 2.31. The zero-order chi connectivity index (χ0) is 19.8. The van der Waals surface area contributed by atoms with Gasteiger partial charge in [-0.1, -0.05) is 17.3 Å². The summed E-state index contributed by atoms with van der Waals surface area (Å²) in [5, 5.41) is 12.5. The Bertz CT molecular complexity index is 843. The molecule has 0 aliphatic rings. The number of carbonyl (C=O) groups is 2. The maximum atomic E-state index is 12.5. The first-order chi connectivity index (χ1) is 12.9. The van der Waals surface area contributed by atoms with E-state index in [1.807, 2.05) is 31.2 Å². The van der Waals surface area contributed by atoms with Gasteiger partial charge in [-0.05, 0) is 26.0 Å². The highest BCUT2D eigenvalue weighted by atomic mass is 32.2. The average Bonchev–Trinajstić information content (AvgIpc) is 3.09. The Morgan fingerprint density at radius 2 is 2.15 bits per heavy atom. The molecule has 0 aliphatic heterocycles. The summed E-state index contributed by atoms with van der Waals surface area (Å²) in [6, 6.07) is 10.9. The number of amides is 1. The Kier molecular flexibility index (Phi) is 7.44. The highest BCUT2D eigenvalue weighted by Crippen LogP contribution is 2.27. The van der Waals surface area contributed by atoms with Gasteiger partial charge in [0.2, 0.25) is 0 Å². The molecule has 0 N–H and O–H groups in total.